The van der Waals surface area contributed by atoms with Crippen molar-refractivity contribution in [1.29, 1.82) is 0 Å². The highest BCUT2D eigenvalue weighted by atomic mass is 35.5. The maximum Gasteiger partial charge on any atom is 0.329 e. The number of pyridine rings is 1. The van der Waals surface area contributed by atoms with Gasteiger partial charge in [-0.3, -0.25) is 0 Å². The summed E-state index contributed by atoms with van der Waals surface area (Å²) in [6.07, 6.45) is 2.09. The maximum absolute atomic E-state index is 6.21. The van der Waals surface area contributed by atoms with Crippen molar-refractivity contribution in [3.05, 3.63) is 100 Å². The third-order valence-electron chi connectivity index (χ3n) is 4.97. The molecule has 2 aromatic carbocycles. The molecule has 0 saturated heterocycles. The second-order valence-corrected chi connectivity index (χ2v) is 7.16. The van der Waals surface area contributed by atoms with Crippen molar-refractivity contribution in [3.63, 3.8) is 0 Å². The van der Waals surface area contributed by atoms with Crippen LogP contribution >= 0.6 is 11.6 Å². The van der Waals surface area contributed by atoms with Crippen LogP contribution in [0.3, 0.4) is 0 Å². The number of imidazole rings is 1. The van der Waals surface area contributed by atoms with Gasteiger partial charge in [-0.25, -0.2) is 4.57 Å². The van der Waals surface area contributed by atoms with Crippen molar-refractivity contribution in [2.24, 2.45) is 0 Å². The fraction of sp³-hybridized carbons (Fsp3) is 0.174. The molecule has 2 heterocycles. The minimum atomic E-state index is 0.546. The summed E-state index contributed by atoms with van der Waals surface area (Å²) in [5, 5.41) is 0.755. The van der Waals surface area contributed by atoms with Crippen molar-refractivity contribution in [1.82, 2.24) is 4.40 Å². The largest absolute Gasteiger partial charge is 0.481 e. The van der Waals surface area contributed by atoms with Gasteiger partial charge in [-0.05, 0) is 35.4 Å². The Morgan fingerprint density at radius 3 is 2.37 bits per heavy atom. The minimum absolute atomic E-state index is 0.546. The molecule has 4 heteroatoms. The van der Waals surface area contributed by atoms with Crippen molar-refractivity contribution in [2.45, 2.75) is 27.0 Å². The van der Waals surface area contributed by atoms with Crippen LogP contribution in [0, 0.1) is 13.8 Å². The van der Waals surface area contributed by atoms with Gasteiger partial charge in [0, 0.05) is 18.9 Å². The van der Waals surface area contributed by atoms with Gasteiger partial charge in [0.1, 0.15) is 24.5 Å². The number of benzene rings is 2. The number of ether oxygens (including phenoxy) is 1. The first-order chi connectivity index (χ1) is 13.1. The summed E-state index contributed by atoms with van der Waals surface area (Å²) in [7, 11) is 0. The highest BCUT2D eigenvalue weighted by Crippen LogP contribution is 2.22. The van der Waals surface area contributed by atoms with Gasteiger partial charge in [-0.1, -0.05) is 54.1 Å². The SMILES string of the molecule is Cc1c(C)[n+](Cc2ccc(Cl)cc2)c2c(OCc3ccccc3)cccn12. The first-order valence-corrected chi connectivity index (χ1v) is 9.42. The molecule has 27 heavy (non-hydrogen) atoms. The minimum Gasteiger partial charge on any atom is -0.481 e. The molecular formula is C23H22ClN2O+. The molecular weight excluding hydrogens is 356 g/mol. The maximum atomic E-state index is 6.21. The number of aromatic nitrogens is 2. The molecule has 0 spiro atoms. The standard InChI is InChI=1S/C23H22ClN2O/c1-17-18(2)26(15-19-10-12-21(24)13-11-19)23-22(9-6-14-25(17)23)27-16-20-7-4-3-5-8-20/h3-14H,15-16H2,1-2H3/q+1. The average Bonchev–Trinajstić information content (AvgIpc) is 2.94. The van der Waals surface area contributed by atoms with Gasteiger partial charge in [0.25, 0.3) is 0 Å². The Labute approximate surface area is 164 Å². The van der Waals surface area contributed by atoms with E-state index in [0.29, 0.717) is 6.61 Å². The fourth-order valence-electron chi connectivity index (χ4n) is 3.36. The van der Waals surface area contributed by atoms with Crippen LogP contribution in [0.25, 0.3) is 5.65 Å². The Balaban J connectivity index is 1.73. The van der Waals surface area contributed by atoms with Crippen molar-refractivity contribution >= 4 is 17.2 Å². The molecule has 0 bridgehead atoms. The van der Waals surface area contributed by atoms with E-state index in [1.54, 1.807) is 0 Å². The summed E-state index contributed by atoms with van der Waals surface area (Å²) in [5.74, 6) is 0.881. The Kier molecular flexibility index (Phi) is 4.87. The number of rotatable bonds is 5. The van der Waals surface area contributed by atoms with E-state index in [2.05, 4.69) is 53.3 Å². The molecule has 0 saturated carbocycles. The molecule has 0 fully saturated rings. The fourth-order valence-corrected chi connectivity index (χ4v) is 3.48. The van der Waals surface area contributed by atoms with E-state index < -0.39 is 0 Å². The van der Waals surface area contributed by atoms with Crippen LogP contribution in [-0.2, 0) is 13.2 Å². The zero-order valence-corrected chi connectivity index (χ0v) is 16.3. The molecule has 0 atom stereocenters. The Morgan fingerprint density at radius 1 is 0.889 bits per heavy atom. The molecule has 0 aliphatic heterocycles. The van der Waals surface area contributed by atoms with Gasteiger partial charge in [0.05, 0.1) is 6.20 Å². The summed E-state index contributed by atoms with van der Waals surface area (Å²) >= 11 is 6.04. The predicted octanol–water partition coefficient (Wildman–Crippen LogP) is 5.12. The van der Waals surface area contributed by atoms with E-state index in [1.807, 2.05) is 42.5 Å². The monoisotopic (exact) mass is 377 g/mol. The third kappa shape index (κ3) is 3.56. The van der Waals surface area contributed by atoms with E-state index in [1.165, 1.54) is 17.0 Å². The molecule has 0 unspecified atom stereocenters. The van der Waals surface area contributed by atoms with Crippen LogP contribution in [-0.4, -0.2) is 4.40 Å². The summed E-state index contributed by atoms with van der Waals surface area (Å²) in [6, 6.07) is 22.3. The molecule has 0 amide bonds. The molecule has 0 N–H and O–H groups in total. The number of nitrogens with zero attached hydrogens (tertiary/aromatic N) is 2. The van der Waals surface area contributed by atoms with Crippen LogP contribution < -0.4 is 9.30 Å². The van der Waals surface area contributed by atoms with E-state index in [-0.39, 0.29) is 0 Å². The van der Waals surface area contributed by atoms with Crippen molar-refractivity contribution < 1.29 is 9.30 Å². The molecule has 4 rings (SSSR count). The second kappa shape index (κ2) is 7.45. The van der Waals surface area contributed by atoms with Gasteiger partial charge >= 0.3 is 5.65 Å². The Bertz CT molecular complexity index is 1070. The average molecular weight is 378 g/mol. The summed E-state index contributed by atoms with van der Waals surface area (Å²) in [6.45, 7) is 5.61. The van der Waals surface area contributed by atoms with Gasteiger partial charge in [0.2, 0.25) is 5.75 Å². The number of halogens is 1. The third-order valence-corrected chi connectivity index (χ3v) is 5.22. The molecule has 2 aromatic heterocycles. The van der Waals surface area contributed by atoms with E-state index in [9.17, 15) is 0 Å². The molecule has 0 aliphatic rings. The van der Waals surface area contributed by atoms with Gasteiger partial charge < -0.3 is 4.74 Å². The van der Waals surface area contributed by atoms with E-state index >= 15 is 0 Å². The first-order valence-electron chi connectivity index (χ1n) is 9.05. The normalized spacial score (nSPS) is 11.1. The second-order valence-electron chi connectivity index (χ2n) is 6.72. The molecule has 3 nitrogen and oxygen atoms in total. The van der Waals surface area contributed by atoms with Gasteiger partial charge in [-0.2, -0.15) is 4.40 Å². The predicted molar refractivity (Wildman–Crippen MR) is 108 cm³/mol. The van der Waals surface area contributed by atoms with E-state index in [0.717, 1.165) is 28.5 Å². The highest BCUT2D eigenvalue weighted by Gasteiger charge is 2.23. The first kappa shape index (κ1) is 17.6. The van der Waals surface area contributed by atoms with E-state index in [4.69, 9.17) is 16.3 Å². The zero-order chi connectivity index (χ0) is 18.8. The molecule has 0 radical (unpaired) electrons. The number of hydrogen-bond donors (Lipinski definition) is 0. The van der Waals surface area contributed by atoms with Crippen LogP contribution in [0.1, 0.15) is 22.5 Å². The van der Waals surface area contributed by atoms with Crippen LogP contribution in [0.2, 0.25) is 5.02 Å². The topological polar surface area (TPSA) is 17.5 Å². The van der Waals surface area contributed by atoms with Crippen LogP contribution in [0.5, 0.6) is 5.75 Å². The van der Waals surface area contributed by atoms with Crippen molar-refractivity contribution in [2.75, 3.05) is 0 Å². The van der Waals surface area contributed by atoms with Gasteiger partial charge in [0.15, 0.2) is 0 Å². The van der Waals surface area contributed by atoms with Crippen LogP contribution in [0.4, 0.5) is 0 Å². The number of aryl methyl sites for hydroxylation is 1. The lowest BCUT2D eigenvalue weighted by molar-refractivity contribution is -0.668. The quantitative estimate of drug-likeness (QED) is 0.441. The molecule has 0 aliphatic carbocycles. The van der Waals surface area contributed by atoms with Crippen molar-refractivity contribution in [3.8, 4) is 5.75 Å². The molecule has 136 valence electrons. The lowest BCUT2D eigenvalue weighted by atomic mass is 10.2. The lowest BCUT2D eigenvalue weighted by Gasteiger charge is -2.07. The molecule has 4 aromatic rings. The van der Waals surface area contributed by atoms with Crippen LogP contribution in [0.15, 0.2) is 72.9 Å². The summed E-state index contributed by atoms with van der Waals surface area (Å²) in [4.78, 5) is 0. The zero-order valence-electron chi connectivity index (χ0n) is 15.5. The highest BCUT2D eigenvalue weighted by molar-refractivity contribution is 6.30. The number of fused-ring (bicyclic) bond motifs is 1. The summed E-state index contributed by atoms with van der Waals surface area (Å²) < 4.78 is 10.7. The van der Waals surface area contributed by atoms with Gasteiger partial charge in [-0.15, -0.1) is 0 Å². The number of hydrogen-bond acceptors (Lipinski definition) is 1. The Morgan fingerprint density at radius 2 is 1.63 bits per heavy atom. The summed E-state index contributed by atoms with van der Waals surface area (Å²) in [5.41, 5.74) is 5.87. The lowest BCUT2D eigenvalue weighted by Crippen LogP contribution is -2.36. The Hall–Kier alpha value is -2.78. The smallest absolute Gasteiger partial charge is 0.329 e.